The smallest absolute Gasteiger partial charge is 0.333 e. The molecule has 1 aromatic heterocycles. The molecular weight excluding hydrogens is 434 g/mol. The highest BCUT2D eigenvalue weighted by Crippen LogP contribution is 2.30. The number of hydrogen-bond acceptors (Lipinski definition) is 5. The maximum absolute atomic E-state index is 13.2. The number of carbonyl (C=O) groups is 2. The van der Waals surface area contributed by atoms with Crippen LogP contribution in [-0.2, 0) is 9.59 Å². The number of rotatable bonds is 5. The van der Waals surface area contributed by atoms with Gasteiger partial charge in [0.25, 0.3) is 5.56 Å². The van der Waals surface area contributed by atoms with Crippen LogP contribution in [-0.4, -0.2) is 69.5 Å². The van der Waals surface area contributed by atoms with Crippen molar-refractivity contribution in [2.45, 2.75) is 84.3 Å². The molecule has 1 aliphatic carbocycles. The summed E-state index contributed by atoms with van der Waals surface area (Å²) in [5, 5.41) is 0. The molecule has 0 N–H and O–H groups in total. The Morgan fingerprint density at radius 3 is 2.09 bits per heavy atom. The van der Waals surface area contributed by atoms with E-state index in [4.69, 9.17) is 0 Å². The maximum Gasteiger partial charge on any atom is 0.333 e. The van der Waals surface area contributed by atoms with E-state index in [0.29, 0.717) is 51.0 Å². The third-order valence-corrected chi connectivity index (χ3v) is 7.62. The topological polar surface area (TPSA) is 87.9 Å². The normalized spacial score (nSPS) is 22.4. The Kier molecular flexibility index (Phi) is 7.19. The number of nitrogens with zero attached hydrogens (tertiary/aromatic N) is 5. The van der Waals surface area contributed by atoms with E-state index < -0.39 is 0 Å². The molecule has 1 unspecified atom stereocenters. The number of hydrogen-bond donors (Lipinski definition) is 0. The Labute approximate surface area is 201 Å². The summed E-state index contributed by atoms with van der Waals surface area (Å²) in [7, 11) is 0. The van der Waals surface area contributed by atoms with Crippen molar-refractivity contribution in [3.63, 3.8) is 0 Å². The van der Waals surface area contributed by atoms with E-state index in [0.717, 1.165) is 25.7 Å². The van der Waals surface area contributed by atoms with Crippen LogP contribution in [0.25, 0.3) is 0 Å². The van der Waals surface area contributed by atoms with Crippen molar-refractivity contribution < 1.29 is 9.59 Å². The monoisotopic (exact) mass is 473 g/mol. The van der Waals surface area contributed by atoms with Gasteiger partial charge in [-0.15, -0.1) is 0 Å². The standard InChI is InChI=1S/C25H39N5O4/c1-17(2)29-21(15-23(32)30(18(3)4)25(29)34)26-10-12-27(13-11-26)24(33)19-14-22(31)28(16-19)20-8-6-5-7-9-20/h15,17-20H,5-14,16H2,1-4H3. The molecule has 2 saturated heterocycles. The number of likely N-dealkylation sites (tertiary alicyclic amines) is 1. The number of amides is 2. The van der Waals surface area contributed by atoms with E-state index in [1.165, 1.54) is 11.0 Å². The van der Waals surface area contributed by atoms with E-state index in [1.807, 2.05) is 42.4 Å². The summed E-state index contributed by atoms with van der Waals surface area (Å²) in [6, 6.07) is 1.55. The van der Waals surface area contributed by atoms with Crippen molar-refractivity contribution >= 4 is 17.6 Å². The van der Waals surface area contributed by atoms with Gasteiger partial charge in [-0.05, 0) is 40.5 Å². The first-order valence-corrected chi connectivity index (χ1v) is 12.9. The van der Waals surface area contributed by atoms with Gasteiger partial charge in [0.2, 0.25) is 11.8 Å². The molecule has 2 amide bonds. The first-order valence-electron chi connectivity index (χ1n) is 12.9. The predicted molar refractivity (Wildman–Crippen MR) is 131 cm³/mol. The first-order chi connectivity index (χ1) is 16.2. The van der Waals surface area contributed by atoms with Gasteiger partial charge in [-0.3, -0.25) is 23.5 Å². The largest absolute Gasteiger partial charge is 0.354 e. The fraction of sp³-hybridized carbons (Fsp3) is 0.760. The number of piperazine rings is 1. The van der Waals surface area contributed by atoms with Gasteiger partial charge in [-0.2, -0.15) is 0 Å². The second-order valence-corrected chi connectivity index (χ2v) is 10.6. The van der Waals surface area contributed by atoms with E-state index in [-0.39, 0.29) is 41.1 Å². The minimum absolute atomic E-state index is 0.0581. The highest BCUT2D eigenvalue weighted by atomic mass is 16.2. The van der Waals surface area contributed by atoms with Crippen molar-refractivity contribution in [3.05, 3.63) is 26.9 Å². The lowest BCUT2D eigenvalue weighted by Crippen LogP contribution is -2.53. The summed E-state index contributed by atoms with van der Waals surface area (Å²) in [4.78, 5) is 57.5. The van der Waals surface area contributed by atoms with Gasteiger partial charge >= 0.3 is 5.69 Å². The molecule has 3 aliphatic rings. The minimum atomic E-state index is -0.294. The molecule has 2 aliphatic heterocycles. The van der Waals surface area contributed by atoms with Crippen LogP contribution >= 0.6 is 0 Å². The lowest BCUT2D eigenvalue weighted by Gasteiger charge is -2.38. The summed E-state index contributed by atoms with van der Waals surface area (Å²) in [5.41, 5.74) is -0.587. The Morgan fingerprint density at radius 2 is 1.50 bits per heavy atom. The molecule has 3 heterocycles. The fourth-order valence-electron chi connectivity index (χ4n) is 5.82. The third-order valence-electron chi connectivity index (χ3n) is 7.62. The van der Waals surface area contributed by atoms with Crippen molar-refractivity contribution in [1.82, 2.24) is 18.9 Å². The zero-order valence-corrected chi connectivity index (χ0v) is 21.0. The quantitative estimate of drug-likeness (QED) is 0.653. The van der Waals surface area contributed by atoms with Crippen LogP contribution in [0.2, 0.25) is 0 Å². The van der Waals surface area contributed by atoms with Gasteiger partial charge < -0.3 is 14.7 Å². The molecule has 4 rings (SSSR count). The second-order valence-electron chi connectivity index (χ2n) is 10.6. The molecule has 34 heavy (non-hydrogen) atoms. The molecule has 3 fully saturated rings. The fourth-order valence-corrected chi connectivity index (χ4v) is 5.82. The van der Waals surface area contributed by atoms with Gasteiger partial charge in [0.15, 0.2) is 0 Å². The summed E-state index contributed by atoms with van der Waals surface area (Å²) < 4.78 is 2.97. The lowest BCUT2D eigenvalue weighted by atomic mass is 9.94. The number of anilines is 1. The van der Waals surface area contributed by atoms with Gasteiger partial charge in [0, 0.05) is 63.3 Å². The number of aromatic nitrogens is 2. The molecule has 0 bridgehead atoms. The van der Waals surface area contributed by atoms with E-state index >= 15 is 0 Å². The van der Waals surface area contributed by atoms with Crippen LogP contribution in [0.5, 0.6) is 0 Å². The zero-order chi connectivity index (χ0) is 24.6. The average molecular weight is 474 g/mol. The van der Waals surface area contributed by atoms with Crippen LogP contribution < -0.4 is 16.1 Å². The lowest BCUT2D eigenvalue weighted by molar-refractivity contribution is -0.136. The average Bonchev–Trinajstić information content (AvgIpc) is 3.20. The summed E-state index contributed by atoms with van der Waals surface area (Å²) >= 11 is 0. The highest BCUT2D eigenvalue weighted by molar-refractivity contribution is 5.89. The van der Waals surface area contributed by atoms with Crippen LogP contribution in [0.3, 0.4) is 0 Å². The van der Waals surface area contributed by atoms with Crippen LogP contribution in [0.1, 0.15) is 78.3 Å². The second kappa shape index (κ2) is 9.96. The SMILES string of the molecule is CC(C)n1c(N2CCN(C(=O)C3CC(=O)N(C4CCCCC4)C3)CC2)cc(=O)n(C(C)C)c1=O. The Balaban J connectivity index is 1.44. The van der Waals surface area contributed by atoms with Gasteiger partial charge in [0.1, 0.15) is 5.82 Å². The molecule has 9 heteroatoms. The van der Waals surface area contributed by atoms with Crippen molar-refractivity contribution in [2.75, 3.05) is 37.6 Å². The highest BCUT2D eigenvalue weighted by Gasteiger charge is 2.40. The minimum Gasteiger partial charge on any atom is -0.354 e. The Morgan fingerprint density at radius 1 is 0.882 bits per heavy atom. The molecule has 188 valence electrons. The van der Waals surface area contributed by atoms with Crippen LogP contribution in [0.4, 0.5) is 5.82 Å². The molecule has 1 saturated carbocycles. The van der Waals surface area contributed by atoms with Crippen LogP contribution in [0.15, 0.2) is 15.7 Å². The summed E-state index contributed by atoms with van der Waals surface area (Å²) in [6.07, 6.45) is 5.99. The summed E-state index contributed by atoms with van der Waals surface area (Å²) in [5.74, 6) is 0.539. The van der Waals surface area contributed by atoms with Crippen LogP contribution in [0, 0.1) is 5.92 Å². The molecule has 0 spiro atoms. The van der Waals surface area contributed by atoms with E-state index in [9.17, 15) is 19.2 Å². The first kappa shape index (κ1) is 24.5. The molecule has 9 nitrogen and oxygen atoms in total. The predicted octanol–water partition coefficient (Wildman–Crippen LogP) is 2.00. The third kappa shape index (κ3) is 4.66. The molecular formula is C25H39N5O4. The Hall–Kier alpha value is -2.58. The van der Waals surface area contributed by atoms with Gasteiger partial charge in [-0.25, -0.2) is 4.79 Å². The van der Waals surface area contributed by atoms with Crippen molar-refractivity contribution in [3.8, 4) is 0 Å². The van der Waals surface area contributed by atoms with Gasteiger partial charge in [0.05, 0.1) is 5.92 Å². The van der Waals surface area contributed by atoms with E-state index in [2.05, 4.69) is 0 Å². The maximum atomic E-state index is 13.2. The van der Waals surface area contributed by atoms with Crippen molar-refractivity contribution in [1.29, 1.82) is 0 Å². The molecule has 1 aromatic rings. The number of carbonyl (C=O) groups excluding carboxylic acids is 2. The van der Waals surface area contributed by atoms with E-state index in [1.54, 1.807) is 10.6 Å². The van der Waals surface area contributed by atoms with Gasteiger partial charge in [-0.1, -0.05) is 19.3 Å². The molecule has 0 radical (unpaired) electrons. The van der Waals surface area contributed by atoms with Crippen molar-refractivity contribution in [2.24, 2.45) is 5.92 Å². The summed E-state index contributed by atoms with van der Waals surface area (Å²) in [6.45, 7) is 10.2. The zero-order valence-electron chi connectivity index (χ0n) is 21.0. The molecule has 0 aromatic carbocycles. The Bertz CT molecular complexity index is 1030. The molecule has 1 atom stereocenters.